The number of esters is 1. The first kappa shape index (κ1) is 14.1. The van der Waals surface area contributed by atoms with E-state index >= 15 is 0 Å². The third kappa shape index (κ3) is 2.79. The van der Waals surface area contributed by atoms with Gasteiger partial charge in [-0.1, -0.05) is 0 Å². The molecule has 0 radical (unpaired) electrons. The molecule has 0 spiro atoms. The monoisotopic (exact) mass is 271 g/mol. The predicted molar refractivity (Wildman–Crippen MR) is 78.5 cm³/mol. The Bertz CT molecular complexity index is 690. The molecule has 2 aromatic rings. The Labute approximate surface area is 117 Å². The number of nitrogens with zero attached hydrogens (tertiary/aromatic N) is 1. The predicted octanol–water partition coefficient (Wildman–Crippen LogP) is 3.13. The van der Waals surface area contributed by atoms with Crippen molar-refractivity contribution < 1.29 is 14.6 Å². The Balaban J connectivity index is 2.53. The molecule has 1 aromatic heterocycles. The molecule has 0 aliphatic rings. The van der Waals surface area contributed by atoms with Crippen molar-refractivity contribution in [1.82, 2.24) is 4.98 Å². The van der Waals surface area contributed by atoms with Crippen molar-refractivity contribution in [3.05, 3.63) is 41.1 Å². The van der Waals surface area contributed by atoms with Crippen LogP contribution >= 0.6 is 0 Å². The van der Waals surface area contributed by atoms with Gasteiger partial charge in [-0.3, -0.25) is 4.98 Å². The Morgan fingerprint density at radius 2 is 2.15 bits per heavy atom. The number of hydrogen-bond acceptors (Lipinski definition) is 4. The highest BCUT2D eigenvalue weighted by Crippen LogP contribution is 2.28. The molecule has 0 atom stereocenters. The van der Waals surface area contributed by atoms with Gasteiger partial charge in [0.05, 0.1) is 18.3 Å². The quantitative estimate of drug-likeness (QED) is 0.688. The molecule has 1 aromatic carbocycles. The molecule has 0 fully saturated rings. The van der Waals surface area contributed by atoms with Gasteiger partial charge in [-0.25, -0.2) is 4.79 Å². The summed E-state index contributed by atoms with van der Waals surface area (Å²) in [6, 6.07) is 3.92. The molecular formula is C16H17NO3. The number of benzene rings is 1. The maximum Gasteiger partial charge on any atom is 0.330 e. The van der Waals surface area contributed by atoms with E-state index in [0.29, 0.717) is 6.61 Å². The van der Waals surface area contributed by atoms with Gasteiger partial charge in [0, 0.05) is 22.6 Å². The molecule has 4 nitrogen and oxygen atoms in total. The highest BCUT2D eigenvalue weighted by atomic mass is 16.5. The number of aryl methyl sites for hydroxylation is 2. The molecule has 0 saturated carbocycles. The fourth-order valence-electron chi connectivity index (χ4n) is 2.07. The van der Waals surface area contributed by atoms with E-state index in [1.807, 2.05) is 26.0 Å². The highest BCUT2D eigenvalue weighted by Gasteiger charge is 2.08. The van der Waals surface area contributed by atoms with Crippen LogP contribution in [-0.2, 0) is 9.53 Å². The standard InChI is InChI=1S/C16H17NO3/c1-4-20-15(19)6-5-12-7-10(2)8-13-11(3)14(18)9-17-16(12)13/h5-9,18H,4H2,1-3H3/b6-5+. The van der Waals surface area contributed by atoms with Gasteiger partial charge in [-0.05, 0) is 44.5 Å². The van der Waals surface area contributed by atoms with Crippen molar-refractivity contribution >= 4 is 22.9 Å². The molecule has 0 amide bonds. The number of pyridine rings is 1. The minimum atomic E-state index is -0.377. The Hall–Kier alpha value is -2.36. The van der Waals surface area contributed by atoms with Crippen LogP contribution < -0.4 is 0 Å². The first-order valence-electron chi connectivity index (χ1n) is 6.46. The van der Waals surface area contributed by atoms with Crippen LogP contribution in [0.25, 0.3) is 17.0 Å². The van der Waals surface area contributed by atoms with E-state index < -0.39 is 0 Å². The number of fused-ring (bicyclic) bond motifs is 1. The van der Waals surface area contributed by atoms with Crippen LogP contribution in [-0.4, -0.2) is 22.7 Å². The summed E-state index contributed by atoms with van der Waals surface area (Å²) in [6.07, 6.45) is 4.51. The summed E-state index contributed by atoms with van der Waals surface area (Å²) < 4.78 is 4.86. The van der Waals surface area contributed by atoms with Crippen molar-refractivity contribution in [2.24, 2.45) is 0 Å². The minimum Gasteiger partial charge on any atom is -0.506 e. The summed E-state index contributed by atoms with van der Waals surface area (Å²) in [6.45, 7) is 5.92. The summed E-state index contributed by atoms with van der Waals surface area (Å²) >= 11 is 0. The summed E-state index contributed by atoms with van der Waals surface area (Å²) in [4.78, 5) is 15.6. The second-order valence-electron chi connectivity index (χ2n) is 4.60. The molecule has 0 saturated heterocycles. The van der Waals surface area contributed by atoms with E-state index in [-0.39, 0.29) is 11.7 Å². The number of hydrogen-bond donors (Lipinski definition) is 1. The number of ether oxygens (including phenoxy) is 1. The van der Waals surface area contributed by atoms with Gasteiger partial charge >= 0.3 is 5.97 Å². The van der Waals surface area contributed by atoms with E-state index in [2.05, 4.69) is 4.98 Å². The van der Waals surface area contributed by atoms with Crippen LogP contribution in [0.3, 0.4) is 0 Å². The van der Waals surface area contributed by atoms with Crippen LogP contribution in [0.4, 0.5) is 0 Å². The Morgan fingerprint density at radius 3 is 2.85 bits per heavy atom. The summed E-state index contributed by atoms with van der Waals surface area (Å²) in [5.41, 5.74) is 3.41. The van der Waals surface area contributed by atoms with E-state index in [1.165, 1.54) is 12.3 Å². The molecule has 0 aliphatic heterocycles. The number of aromatic nitrogens is 1. The van der Waals surface area contributed by atoms with Gasteiger partial charge in [-0.2, -0.15) is 0 Å². The molecule has 2 rings (SSSR count). The fourth-order valence-corrected chi connectivity index (χ4v) is 2.07. The van der Waals surface area contributed by atoms with Gasteiger partial charge in [-0.15, -0.1) is 0 Å². The van der Waals surface area contributed by atoms with Crippen molar-refractivity contribution in [1.29, 1.82) is 0 Å². The van der Waals surface area contributed by atoms with E-state index in [1.54, 1.807) is 13.0 Å². The zero-order valence-corrected chi connectivity index (χ0v) is 11.8. The molecule has 1 heterocycles. The zero-order valence-electron chi connectivity index (χ0n) is 11.8. The van der Waals surface area contributed by atoms with Gasteiger partial charge in [0.2, 0.25) is 0 Å². The van der Waals surface area contributed by atoms with Crippen molar-refractivity contribution in [2.75, 3.05) is 6.61 Å². The summed E-state index contributed by atoms with van der Waals surface area (Å²) in [5.74, 6) is -0.207. The minimum absolute atomic E-state index is 0.170. The maximum atomic E-state index is 11.4. The average molecular weight is 271 g/mol. The molecule has 0 unspecified atom stereocenters. The van der Waals surface area contributed by atoms with Gasteiger partial charge in [0.15, 0.2) is 0 Å². The van der Waals surface area contributed by atoms with Crippen molar-refractivity contribution in [3.63, 3.8) is 0 Å². The lowest BCUT2D eigenvalue weighted by molar-refractivity contribution is -0.137. The largest absolute Gasteiger partial charge is 0.506 e. The molecule has 0 aliphatic carbocycles. The molecule has 4 heteroatoms. The lowest BCUT2D eigenvalue weighted by atomic mass is 10.0. The smallest absolute Gasteiger partial charge is 0.330 e. The van der Waals surface area contributed by atoms with Crippen molar-refractivity contribution in [2.45, 2.75) is 20.8 Å². The van der Waals surface area contributed by atoms with E-state index in [4.69, 9.17) is 4.74 Å². The first-order chi connectivity index (χ1) is 9.52. The summed E-state index contributed by atoms with van der Waals surface area (Å²) in [7, 11) is 0. The SMILES string of the molecule is CCOC(=O)/C=C/c1cc(C)cc2c(C)c(O)cnc12. The van der Waals surface area contributed by atoms with Crippen LogP contribution in [0, 0.1) is 13.8 Å². The summed E-state index contributed by atoms with van der Waals surface area (Å²) in [5, 5.41) is 10.6. The highest BCUT2D eigenvalue weighted by molar-refractivity contribution is 5.95. The fraction of sp³-hybridized carbons (Fsp3) is 0.250. The van der Waals surface area contributed by atoms with Gasteiger partial charge in [0.1, 0.15) is 5.75 Å². The van der Waals surface area contributed by atoms with Crippen LogP contribution in [0.1, 0.15) is 23.6 Å². The van der Waals surface area contributed by atoms with Gasteiger partial charge in [0.25, 0.3) is 0 Å². The number of carbonyl (C=O) groups is 1. The lowest BCUT2D eigenvalue weighted by Crippen LogP contribution is -1.98. The average Bonchev–Trinajstić information content (AvgIpc) is 2.41. The maximum absolute atomic E-state index is 11.4. The first-order valence-corrected chi connectivity index (χ1v) is 6.46. The normalized spacial score (nSPS) is 11.2. The third-order valence-corrected chi connectivity index (χ3v) is 3.07. The van der Waals surface area contributed by atoms with Crippen LogP contribution in [0.15, 0.2) is 24.4 Å². The number of aromatic hydroxyl groups is 1. The van der Waals surface area contributed by atoms with Crippen LogP contribution in [0.2, 0.25) is 0 Å². The molecule has 20 heavy (non-hydrogen) atoms. The lowest BCUT2D eigenvalue weighted by Gasteiger charge is -2.08. The Kier molecular flexibility index (Phi) is 4.03. The van der Waals surface area contributed by atoms with E-state index in [9.17, 15) is 9.90 Å². The molecule has 1 N–H and O–H groups in total. The third-order valence-electron chi connectivity index (χ3n) is 3.07. The van der Waals surface area contributed by atoms with Gasteiger partial charge < -0.3 is 9.84 Å². The second-order valence-corrected chi connectivity index (χ2v) is 4.60. The molecule has 0 bridgehead atoms. The van der Waals surface area contributed by atoms with E-state index in [0.717, 1.165) is 27.6 Å². The van der Waals surface area contributed by atoms with Crippen molar-refractivity contribution in [3.8, 4) is 5.75 Å². The number of rotatable bonds is 3. The molecule has 104 valence electrons. The Morgan fingerprint density at radius 1 is 1.40 bits per heavy atom. The molecular weight excluding hydrogens is 254 g/mol. The van der Waals surface area contributed by atoms with Crippen LogP contribution in [0.5, 0.6) is 5.75 Å². The topological polar surface area (TPSA) is 59.4 Å². The number of carbonyl (C=O) groups excluding carboxylic acids is 1. The second kappa shape index (κ2) is 5.74. The zero-order chi connectivity index (χ0) is 14.7.